The molecule has 4 nitrogen and oxygen atoms in total. The van der Waals surface area contributed by atoms with E-state index in [1.54, 1.807) is 0 Å². The molecule has 1 fully saturated rings. The van der Waals surface area contributed by atoms with Crippen molar-refractivity contribution >= 4 is 11.9 Å². The van der Waals surface area contributed by atoms with Gasteiger partial charge in [0.2, 0.25) is 0 Å². The molecule has 0 heterocycles. The normalized spacial score (nSPS) is 16.2. The number of unbranched alkanes of at least 4 members (excludes halogenated alkanes) is 1. The highest BCUT2D eigenvalue weighted by molar-refractivity contribution is 5.70. The Morgan fingerprint density at radius 2 is 1.78 bits per heavy atom. The molecule has 1 aliphatic rings. The quantitative estimate of drug-likeness (QED) is 0.544. The Balaban J connectivity index is 1.78. The van der Waals surface area contributed by atoms with E-state index in [-0.39, 0.29) is 17.8 Å². The molecule has 1 aromatic carbocycles. The lowest BCUT2D eigenvalue weighted by Crippen LogP contribution is -2.22. The SMILES string of the molecule is O=C(O)CCCCC1(CC(=O)OCc2ccccc2)CCCC1. The summed E-state index contributed by atoms with van der Waals surface area (Å²) < 4.78 is 5.43. The van der Waals surface area contributed by atoms with E-state index < -0.39 is 5.97 Å². The van der Waals surface area contributed by atoms with Crippen molar-refractivity contribution in [1.29, 1.82) is 0 Å². The number of hydrogen-bond acceptors (Lipinski definition) is 3. The third-order valence-corrected chi connectivity index (χ3v) is 4.77. The van der Waals surface area contributed by atoms with Crippen LogP contribution in [0.15, 0.2) is 30.3 Å². The van der Waals surface area contributed by atoms with Gasteiger partial charge in [0.15, 0.2) is 0 Å². The third kappa shape index (κ3) is 6.05. The second-order valence-electron chi connectivity index (χ2n) is 6.63. The van der Waals surface area contributed by atoms with E-state index in [0.29, 0.717) is 19.4 Å². The maximum absolute atomic E-state index is 12.2. The Morgan fingerprint density at radius 1 is 1.09 bits per heavy atom. The molecule has 4 heteroatoms. The zero-order valence-electron chi connectivity index (χ0n) is 13.6. The molecule has 0 aliphatic heterocycles. The number of esters is 1. The molecule has 0 unspecified atom stereocenters. The Morgan fingerprint density at radius 3 is 2.43 bits per heavy atom. The molecule has 0 spiro atoms. The fourth-order valence-corrected chi connectivity index (χ4v) is 3.51. The van der Waals surface area contributed by atoms with Crippen LogP contribution < -0.4 is 0 Å². The Bertz CT molecular complexity index is 503. The fourth-order valence-electron chi connectivity index (χ4n) is 3.51. The summed E-state index contributed by atoms with van der Waals surface area (Å²) in [5.41, 5.74) is 1.04. The average Bonchev–Trinajstić information content (AvgIpc) is 2.99. The van der Waals surface area contributed by atoms with Gasteiger partial charge in [-0.1, -0.05) is 49.6 Å². The maximum Gasteiger partial charge on any atom is 0.306 e. The van der Waals surface area contributed by atoms with E-state index in [2.05, 4.69) is 0 Å². The van der Waals surface area contributed by atoms with E-state index in [4.69, 9.17) is 9.84 Å². The van der Waals surface area contributed by atoms with Crippen LogP contribution in [0.5, 0.6) is 0 Å². The van der Waals surface area contributed by atoms with Gasteiger partial charge in [0.1, 0.15) is 6.61 Å². The summed E-state index contributed by atoms with van der Waals surface area (Å²) >= 11 is 0. The van der Waals surface area contributed by atoms with Crippen molar-refractivity contribution < 1.29 is 19.4 Å². The molecule has 126 valence electrons. The smallest absolute Gasteiger partial charge is 0.306 e. The van der Waals surface area contributed by atoms with E-state index in [9.17, 15) is 9.59 Å². The molecule has 0 bridgehead atoms. The molecule has 0 aromatic heterocycles. The minimum Gasteiger partial charge on any atom is -0.481 e. The number of carboxylic acids is 1. The van der Waals surface area contributed by atoms with Crippen LogP contribution in [0.25, 0.3) is 0 Å². The van der Waals surface area contributed by atoms with Crippen molar-refractivity contribution in [2.75, 3.05) is 0 Å². The Labute approximate surface area is 137 Å². The van der Waals surface area contributed by atoms with Crippen molar-refractivity contribution in [1.82, 2.24) is 0 Å². The molecule has 0 saturated heterocycles. The number of carbonyl (C=O) groups is 2. The number of rotatable bonds is 9. The lowest BCUT2D eigenvalue weighted by Gasteiger charge is -2.28. The van der Waals surface area contributed by atoms with Crippen molar-refractivity contribution in [2.24, 2.45) is 5.41 Å². The lowest BCUT2D eigenvalue weighted by molar-refractivity contribution is -0.148. The molecule has 0 amide bonds. The summed E-state index contributed by atoms with van der Waals surface area (Å²) in [4.78, 5) is 22.8. The van der Waals surface area contributed by atoms with Gasteiger partial charge in [-0.25, -0.2) is 0 Å². The van der Waals surface area contributed by atoms with Gasteiger partial charge in [0.05, 0.1) is 6.42 Å². The van der Waals surface area contributed by atoms with Crippen molar-refractivity contribution in [2.45, 2.75) is 64.4 Å². The molecule has 1 aromatic rings. The van der Waals surface area contributed by atoms with Crippen LogP contribution in [-0.4, -0.2) is 17.0 Å². The van der Waals surface area contributed by atoms with Gasteiger partial charge >= 0.3 is 11.9 Å². The van der Waals surface area contributed by atoms with Crippen LogP contribution >= 0.6 is 0 Å². The Kier molecular flexibility index (Phi) is 6.63. The van der Waals surface area contributed by atoms with Gasteiger partial charge in [-0.05, 0) is 36.7 Å². The summed E-state index contributed by atoms with van der Waals surface area (Å²) in [6.45, 7) is 0.328. The molecule has 2 rings (SSSR count). The van der Waals surface area contributed by atoms with Crippen LogP contribution in [0.4, 0.5) is 0 Å². The number of carboxylic acid groups (broad SMARTS) is 1. The summed E-state index contributed by atoms with van der Waals surface area (Å²) in [6, 6.07) is 9.71. The molecule has 0 radical (unpaired) electrons. The number of hydrogen-bond donors (Lipinski definition) is 1. The summed E-state index contributed by atoms with van der Waals surface area (Å²) in [5.74, 6) is -0.873. The molecular weight excluding hydrogens is 292 g/mol. The van der Waals surface area contributed by atoms with E-state index >= 15 is 0 Å². The van der Waals surface area contributed by atoms with Gasteiger partial charge < -0.3 is 9.84 Å². The first-order valence-electron chi connectivity index (χ1n) is 8.51. The molecular formula is C19H26O4. The first-order valence-corrected chi connectivity index (χ1v) is 8.51. The average molecular weight is 318 g/mol. The topological polar surface area (TPSA) is 63.6 Å². The summed E-state index contributed by atoms with van der Waals surface area (Å²) in [5, 5.41) is 8.72. The van der Waals surface area contributed by atoms with Gasteiger partial charge in [0.25, 0.3) is 0 Å². The minimum absolute atomic E-state index is 0.0340. The van der Waals surface area contributed by atoms with E-state index in [1.807, 2.05) is 30.3 Å². The second-order valence-corrected chi connectivity index (χ2v) is 6.63. The monoisotopic (exact) mass is 318 g/mol. The number of aliphatic carboxylic acids is 1. The summed E-state index contributed by atoms with van der Waals surface area (Å²) in [6.07, 6.45) is 7.60. The largest absolute Gasteiger partial charge is 0.481 e. The standard InChI is InChI=1S/C19H26O4/c20-17(21)10-4-5-11-19(12-6-7-13-19)14-18(22)23-15-16-8-2-1-3-9-16/h1-3,8-9H,4-7,10-15H2,(H,20,21). The minimum atomic E-state index is -0.743. The predicted molar refractivity (Wildman–Crippen MR) is 87.9 cm³/mol. The van der Waals surface area contributed by atoms with Crippen molar-refractivity contribution in [3.05, 3.63) is 35.9 Å². The predicted octanol–water partition coefficient (Wildman–Crippen LogP) is 4.33. The molecule has 1 saturated carbocycles. The number of ether oxygens (including phenoxy) is 1. The van der Waals surface area contributed by atoms with Gasteiger partial charge in [-0.3, -0.25) is 9.59 Å². The number of benzene rings is 1. The Hall–Kier alpha value is -1.84. The van der Waals surface area contributed by atoms with Crippen LogP contribution in [0.3, 0.4) is 0 Å². The highest BCUT2D eigenvalue weighted by atomic mass is 16.5. The lowest BCUT2D eigenvalue weighted by atomic mass is 9.78. The first-order chi connectivity index (χ1) is 11.1. The zero-order valence-corrected chi connectivity index (χ0v) is 13.6. The van der Waals surface area contributed by atoms with E-state index in [0.717, 1.165) is 44.1 Å². The molecule has 1 N–H and O–H groups in total. The molecule has 23 heavy (non-hydrogen) atoms. The second kappa shape index (κ2) is 8.70. The van der Waals surface area contributed by atoms with Crippen LogP contribution in [-0.2, 0) is 20.9 Å². The highest BCUT2D eigenvalue weighted by Crippen LogP contribution is 2.45. The number of carbonyl (C=O) groups excluding carboxylic acids is 1. The van der Waals surface area contributed by atoms with Crippen molar-refractivity contribution in [3.8, 4) is 0 Å². The van der Waals surface area contributed by atoms with Crippen molar-refractivity contribution in [3.63, 3.8) is 0 Å². The zero-order chi connectivity index (χ0) is 16.5. The summed E-state index contributed by atoms with van der Waals surface area (Å²) in [7, 11) is 0. The van der Waals surface area contributed by atoms with Gasteiger partial charge in [-0.2, -0.15) is 0 Å². The van der Waals surface area contributed by atoms with E-state index in [1.165, 1.54) is 0 Å². The van der Waals surface area contributed by atoms with Gasteiger partial charge in [-0.15, -0.1) is 0 Å². The first kappa shape index (κ1) is 17.5. The highest BCUT2D eigenvalue weighted by Gasteiger charge is 2.35. The van der Waals surface area contributed by atoms with Crippen LogP contribution in [0.1, 0.15) is 63.4 Å². The molecule has 0 atom stereocenters. The van der Waals surface area contributed by atoms with Gasteiger partial charge in [0, 0.05) is 6.42 Å². The van der Waals surface area contributed by atoms with Crippen LogP contribution in [0, 0.1) is 5.41 Å². The molecule has 1 aliphatic carbocycles. The maximum atomic E-state index is 12.2. The fraction of sp³-hybridized carbons (Fsp3) is 0.579. The van der Waals surface area contributed by atoms with Crippen LogP contribution in [0.2, 0.25) is 0 Å². The third-order valence-electron chi connectivity index (χ3n) is 4.77.